The number of imidazole rings is 1. The molecule has 4 heteroatoms. The van der Waals surface area contributed by atoms with Crippen molar-refractivity contribution in [2.45, 2.75) is 25.8 Å². The van der Waals surface area contributed by atoms with Crippen LogP contribution in [0.2, 0.25) is 5.02 Å². The predicted octanol–water partition coefficient (Wildman–Crippen LogP) is 2.72. The predicted molar refractivity (Wildman–Crippen MR) is 64.9 cm³/mol. The Labute approximate surface area is 99.4 Å². The fraction of sp³-hybridized carbons (Fsp3) is 0.417. The van der Waals surface area contributed by atoms with E-state index in [2.05, 4.69) is 21.6 Å². The number of fused-ring (bicyclic) bond motifs is 1. The minimum Gasteiger partial charge on any atom is -0.309 e. The number of nitrogens with zero attached hydrogens (tertiary/aromatic N) is 2. The zero-order valence-corrected chi connectivity index (χ0v) is 9.96. The van der Waals surface area contributed by atoms with Crippen LogP contribution in [0, 0.1) is 6.92 Å². The number of hydrogen-bond donors (Lipinski definition) is 1. The Morgan fingerprint density at radius 2 is 2.44 bits per heavy atom. The third kappa shape index (κ3) is 1.43. The van der Waals surface area contributed by atoms with Gasteiger partial charge in [-0.3, -0.25) is 0 Å². The van der Waals surface area contributed by atoms with Crippen LogP contribution >= 0.6 is 11.6 Å². The number of rotatable bonds is 1. The second kappa shape index (κ2) is 3.75. The van der Waals surface area contributed by atoms with E-state index in [-0.39, 0.29) is 0 Å². The summed E-state index contributed by atoms with van der Waals surface area (Å²) >= 11 is 6.15. The van der Waals surface area contributed by atoms with Crippen molar-refractivity contribution >= 4 is 17.2 Å². The van der Waals surface area contributed by atoms with Gasteiger partial charge < -0.3 is 9.72 Å². The van der Waals surface area contributed by atoms with E-state index in [1.807, 2.05) is 18.3 Å². The first-order valence-electron chi connectivity index (χ1n) is 5.64. The maximum Gasteiger partial charge on any atom is 0.156 e. The van der Waals surface area contributed by atoms with Crippen LogP contribution in [0.15, 0.2) is 18.3 Å². The molecule has 0 saturated carbocycles. The minimum atomic E-state index is 0.399. The second-order valence-corrected chi connectivity index (χ2v) is 4.69. The van der Waals surface area contributed by atoms with Gasteiger partial charge in [-0.1, -0.05) is 11.6 Å². The van der Waals surface area contributed by atoms with Gasteiger partial charge in [0.25, 0.3) is 0 Å². The van der Waals surface area contributed by atoms with E-state index in [0.717, 1.165) is 22.9 Å². The van der Waals surface area contributed by atoms with E-state index >= 15 is 0 Å². The highest BCUT2D eigenvalue weighted by Gasteiger charge is 2.22. The highest BCUT2D eigenvalue weighted by atomic mass is 35.5. The molecule has 3 rings (SSSR count). The molecule has 3 nitrogen and oxygen atoms in total. The van der Waals surface area contributed by atoms with Crippen molar-refractivity contribution in [3.05, 3.63) is 34.7 Å². The molecule has 1 unspecified atom stereocenters. The zero-order valence-electron chi connectivity index (χ0n) is 9.20. The molecular formula is C12H14ClN3. The summed E-state index contributed by atoms with van der Waals surface area (Å²) < 4.78 is 2.07. The van der Waals surface area contributed by atoms with Crippen LogP contribution in [-0.2, 0) is 0 Å². The van der Waals surface area contributed by atoms with E-state index in [0.29, 0.717) is 6.04 Å². The lowest BCUT2D eigenvalue weighted by molar-refractivity contribution is 0.627. The molecule has 3 heterocycles. The van der Waals surface area contributed by atoms with Gasteiger partial charge in [0.05, 0.1) is 16.8 Å². The largest absolute Gasteiger partial charge is 0.309 e. The van der Waals surface area contributed by atoms with E-state index in [9.17, 15) is 0 Å². The molecule has 1 saturated heterocycles. The standard InChI is InChI=1S/C12H14ClN3/c1-8-11(10-5-2-6-14-10)15-12-9(13)4-3-7-16(8)12/h3-4,7,10,14H,2,5-6H2,1H3. The first-order chi connectivity index (χ1) is 7.77. The lowest BCUT2D eigenvalue weighted by atomic mass is 10.1. The molecule has 84 valence electrons. The van der Waals surface area contributed by atoms with Crippen LogP contribution in [0.3, 0.4) is 0 Å². The number of halogens is 1. The molecule has 0 aliphatic carbocycles. The van der Waals surface area contributed by atoms with Gasteiger partial charge in [0.15, 0.2) is 5.65 Å². The summed E-state index contributed by atoms with van der Waals surface area (Å²) in [6.45, 7) is 3.19. The van der Waals surface area contributed by atoms with Crippen molar-refractivity contribution in [3.8, 4) is 0 Å². The van der Waals surface area contributed by atoms with Crippen LogP contribution in [0.25, 0.3) is 5.65 Å². The van der Waals surface area contributed by atoms with Crippen molar-refractivity contribution in [3.63, 3.8) is 0 Å². The fourth-order valence-corrected chi connectivity index (χ4v) is 2.62. The van der Waals surface area contributed by atoms with Crippen LogP contribution in [0.5, 0.6) is 0 Å². The molecule has 1 aliphatic rings. The topological polar surface area (TPSA) is 29.3 Å². The van der Waals surface area contributed by atoms with Gasteiger partial charge in [-0.05, 0) is 38.4 Å². The Hall–Kier alpha value is -1.06. The van der Waals surface area contributed by atoms with Gasteiger partial charge in [-0.2, -0.15) is 0 Å². The summed E-state index contributed by atoms with van der Waals surface area (Å²) in [6.07, 6.45) is 4.41. The fourth-order valence-electron chi connectivity index (χ4n) is 2.42. The van der Waals surface area contributed by atoms with Gasteiger partial charge in [0.2, 0.25) is 0 Å². The Balaban J connectivity index is 2.18. The first kappa shape index (κ1) is 10.1. The molecule has 0 amide bonds. The molecule has 16 heavy (non-hydrogen) atoms. The van der Waals surface area contributed by atoms with Crippen molar-refractivity contribution in [1.82, 2.24) is 14.7 Å². The van der Waals surface area contributed by atoms with Gasteiger partial charge in [0.1, 0.15) is 0 Å². The Morgan fingerprint density at radius 1 is 1.56 bits per heavy atom. The Kier molecular flexibility index (Phi) is 2.37. The average Bonchev–Trinajstić information content (AvgIpc) is 2.88. The molecule has 0 bridgehead atoms. The molecule has 2 aromatic heterocycles. The minimum absolute atomic E-state index is 0.399. The summed E-state index contributed by atoms with van der Waals surface area (Å²) in [5, 5.41) is 4.19. The summed E-state index contributed by atoms with van der Waals surface area (Å²) in [5.74, 6) is 0. The third-order valence-corrected chi connectivity index (χ3v) is 3.56. The number of aryl methyl sites for hydroxylation is 1. The quantitative estimate of drug-likeness (QED) is 0.824. The third-order valence-electron chi connectivity index (χ3n) is 3.27. The summed E-state index contributed by atoms with van der Waals surface area (Å²) in [4.78, 5) is 4.66. The molecule has 1 atom stereocenters. The zero-order chi connectivity index (χ0) is 11.1. The number of aromatic nitrogens is 2. The highest BCUT2D eigenvalue weighted by Crippen LogP contribution is 2.27. The summed E-state index contributed by atoms with van der Waals surface area (Å²) in [7, 11) is 0. The molecule has 1 fully saturated rings. The molecule has 0 spiro atoms. The normalized spacial score (nSPS) is 20.8. The van der Waals surface area contributed by atoms with E-state index < -0.39 is 0 Å². The van der Waals surface area contributed by atoms with Crippen molar-refractivity contribution < 1.29 is 0 Å². The molecule has 2 aromatic rings. The number of nitrogens with one attached hydrogen (secondary N) is 1. The van der Waals surface area contributed by atoms with Crippen LogP contribution in [-0.4, -0.2) is 15.9 Å². The summed E-state index contributed by atoms with van der Waals surface area (Å²) in [6, 6.07) is 4.24. The lowest BCUT2D eigenvalue weighted by Crippen LogP contribution is -2.14. The average molecular weight is 236 g/mol. The lowest BCUT2D eigenvalue weighted by Gasteiger charge is -2.07. The van der Waals surface area contributed by atoms with Crippen molar-refractivity contribution in [1.29, 1.82) is 0 Å². The van der Waals surface area contributed by atoms with Gasteiger partial charge in [-0.15, -0.1) is 0 Å². The monoisotopic (exact) mass is 235 g/mol. The Morgan fingerprint density at radius 3 is 3.12 bits per heavy atom. The number of hydrogen-bond acceptors (Lipinski definition) is 2. The van der Waals surface area contributed by atoms with E-state index in [1.54, 1.807) is 0 Å². The molecule has 1 N–H and O–H groups in total. The number of pyridine rings is 1. The van der Waals surface area contributed by atoms with E-state index in [4.69, 9.17) is 11.6 Å². The van der Waals surface area contributed by atoms with Crippen LogP contribution in [0.1, 0.15) is 30.3 Å². The van der Waals surface area contributed by atoms with Crippen molar-refractivity contribution in [2.75, 3.05) is 6.54 Å². The molecule has 0 radical (unpaired) electrons. The van der Waals surface area contributed by atoms with Crippen molar-refractivity contribution in [2.24, 2.45) is 0 Å². The van der Waals surface area contributed by atoms with Crippen LogP contribution < -0.4 is 5.32 Å². The smallest absolute Gasteiger partial charge is 0.156 e. The highest BCUT2D eigenvalue weighted by molar-refractivity contribution is 6.33. The van der Waals surface area contributed by atoms with Gasteiger partial charge in [0, 0.05) is 11.9 Å². The van der Waals surface area contributed by atoms with Gasteiger partial charge in [-0.25, -0.2) is 4.98 Å². The van der Waals surface area contributed by atoms with Crippen LogP contribution in [0.4, 0.5) is 0 Å². The van der Waals surface area contributed by atoms with E-state index in [1.165, 1.54) is 18.5 Å². The molecule has 0 aromatic carbocycles. The Bertz CT molecular complexity index is 526. The molecule has 1 aliphatic heterocycles. The molecular weight excluding hydrogens is 222 g/mol. The second-order valence-electron chi connectivity index (χ2n) is 4.28. The summed E-state index contributed by atoms with van der Waals surface area (Å²) in [5.41, 5.74) is 3.20. The first-order valence-corrected chi connectivity index (χ1v) is 6.01. The van der Waals surface area contributed by atoms with Gasteiger partial charge >= 0.3 is 0 Å². The maximum atomic E-state index is 6.15. The maximum absolute atomic E-state index is 6.15. The SMILES string of the molecule is Cc1c(C2CCCN2)nc2c(Cl)cccn12.